The molecule has 0 radical (unpaired) electrons. The summed E-state index contributed by atoms with van der Waals surface area (Å²) in [7, 11) is 0. The van der Waals surface area contributed by atoms with Gasteiger partial charge in [-0.15, -0.1) is 0 Å². The van der Waals surface area contributed by atoms with Gasteiger partial charge in [-0.1, -0.05) is 6.07 Å². The van der Waals surface area contributed by atoms with Crippen LogP contribution in [0.25, 0.3) is 33.4 Å². The van der Waals surface area contributed by atoms with Crippen LogP contribution in [0.3, 0.4) is 0 Å². The van der Waals surface area contributed by atoms with E-state index in [1.54, 1.807) is 24.3 Å². The summed E-state index contributed by atoms with van der Waals surface area (Å²) in [6, 6.07) is 17.8. The highest BCUT2D eigenvalue weighted by Gasteiger charge is 2.21. The van der Waals surface area contributed by atoms with E-state index in [1.807, 2.05) is 19.1 Å². The summed E-state index contributed by atoms with van der Waals surface area (Å²) in [5, 5.41) is 32.9. The summed E-state index contributed by atoms with van der Waals surface area (Å²) in [5.41, 5.74) is 2.40. The Kier molecular flexibility index (Phi) is 7.17. The largest absolute Gasteiger partial charge is 0.508 e. The van der Waals surface area contributed by atoms with Gasteiger partial charge in [-0.05, 0) is 60.9 Å². The van der Waals surface area contributed by atoms with Crippen LogP contribution in [0.1, 0.15) is 28.8 Å². The second-order valence-electron chi connectivity index (χ2n) is 9.42. The summed E-state index contributed by atoms with van der Waals surface area (Å²) >= 11 is 0. The number of rotatable bonds is 9. The fraction of sp³-hybridized carbons (Fsp3) is 0.133. The minimum atomic E-state index is -0.778. The molecular weight excluding hydrogens is 532 g/mol. The number of benzene rings is 4. The second-order valence-corrected chi connectivity index (χ2v) is 9.42. The predicted molar refractivity (Wildman–Crippen MR) is 150 cm³/mol. The van der Waals surface area contributed by atoms with Crippen LogP contribution in [-0.4, -0.2) is 27.3 Å². The zero-order valence-corrected chi connectivity index (χ0v) is 21.7. The van der Waals surface area contributed by atoms with Crippen LogP contribution in [0.15, 0.2) is 82.0 Å². The molecule has 0 fully saturated rings. The van der Waals surface area contributed by atoms with E-state index in [9.17, 15) is 34.9 Å². The molecule has 1 heterocycles. The minimum absolute atomic E-state index is 0.0184. The van der Waals surface area contributed by atoms with Gasteiger partial charge in [0.25, 0.3) is 11.4 Å². The summed E-state index contributed by atoms with van der Waals surface area (Å²) in [6.07, 6.45) is 0.266. The third-order valence-corrected chi connectivity index (χ3v) is 6.61. The number of aryl methyl sites for hydroxylation is 1. The third-order valence-electron chi connectivity index (χ3n) is 6.61. The topological polar surface area (TPSA) is 163 Å². The number of phenols is 1. The summed E-state index contributed by atoms with van der Waals surface area (Å²) in [6.45, 7) is 2.08. The Hall–Kier alpha value is -5.58. The highest BCUT2D eigenvalue weighted by molar-refractivity contribution is 6.02. The zero-order valence-electron chi connectivity index (χ0n) is 21.7. The van der Waals surface area contributed by atoms with Crippen molar-refractivity contribution in [2.24, 2.45) is 0 Å². The summed E-state index contributed by atoms with van der Waals surface area (Å²) in [5.74, 6) is 0.516. The van der Waals surface area contributed by atoms with Crippen molar-refractivity contribution in [2.75, 3.05) is 6.61 Å². The number of aromatic hydroxyl groups is 1. The van der Waals surface area contributed by atoms with Crippen LogP contribution in [0.2, 0.25) is 0 Å². The van der Waals surface area contributed by atoms with Crippen molar-refractivity contribution < 1.29 is 28.9 Å². The summed E-state index contributed by atoms with van der Waals surface area (Å²) < 4.78 is 11.7. The van der Waals surface area contributed by atoms with Gasteiger partial charge in [0.05, 0.1) is 22.5 Å². The van der Waals surface area contributed by atoms with Gasteiger partial charge < -0.3 is 14.3 Å². The van der Waals surface area contributed by atoms with E-state index in [4.69, 9.17) is 9.15 Å². The first-order chi connectivity index (χ1) is 19.6. The Balaban J connectivity index is 1.33. The number of nitro benzene ring substituents is 2. The molecule has 41 heavy (non-hydrogen) atoms. The minimum Gasteiger partial charge on any atom is -0.508 e. The van der Waals surface area contributed by atoms with Crippen molar-refractivity contribution >= 4 is 28.1 Å². The highest BCUT2D eigenvalue weighted by atomic mass is 16.6. The average Bonchev–Trinajstić information content (AvgIpc) is 2.93. The van der Waals surface area contributed by atoms with Crippen molar-refractivity contribution in [1.29, 1.82) is 0 Å². The van der Waals surface area contributed by atoms with Crippen molar-refractivity contribution in [3.8, 4) is 33.9 Å². The maximum Gasteiger partial charge on any atom is 0.277 e. The standard InChI is InChI=1S/C30H22N2O9/c1-17-11-23(40-10-2-3-27(35)18-12-19(31(36)37)14-20(13-18)32(38)39)6-9-24(17)30-25-7-4-21(33)15-28(25)41-29-16-22(34)5-8-26(29)30/h4-9,11-16,33H,2-3,10H2,1H3. The lowest BCUT2D eigenvalue weighted by molar-refractivity contribution is -0.394. The molecule has 0 spiro atoms. The van der Waals surface area contributed by atoms with Gasteiger partial charge in [0, 0.05) is 52.8 Å². The number of non-ortho nitro benzene ring substituents is 2. The number of hydrogen-bond acceptors (Lipinski definition) is 9. The molecular formula is C30H22N2O9. The first kappa shape index (κ1) is 27.0. The Bertz CT molecular complexity index is 1840. The molecule has 0 unspecified atom stereocenters. The Labute approximate surface area is 231 Å². The Morgan fingerprint density at radius 3 is 2.29 bits per heavy atom. The quantitative estimate of drug-likeness (QED) is 0.0710. The lowest BCUT2D eigenvalue weighted by Gasteiger charge is -2.17. The molecule has 0 saturated carbocycles. The number of carbonyl (C=O) groups excluding carboxylic acids is 1. The number of hydrogen-bond donors (Lipinski definition) is 1. The number of nitro groups is 2. The van der Waals surface area contributed by atoms with E-state index in [-0.39, 0.29) is 36.2 Å². The first-order valence-electron chi connectivity index (χ1n) is 12.5. The second kappa shape index (κ2) is 10.9. The van der Waals surface area contributed by atoms with Gasteiger partial charge in [0.1, 0.15) is 22.8 Å². The molecule has 0 bridgehead atoms. The van der Waals surface area contributed by atoms with Crippen molar-refractivity contribution in [3.05, 3.63) is 114 Å². The average molecular weight is 555 g/mol. The molecule has 11 heteroatoms. The number of carbonyl (C=O) groups is 1. The van der Waals surface area contributed by atoms with Crippen molar-refractivity contribution in [3.63, 3.8) is 0 Å². The predicted octanol–water partition coefficient (Wildman–Crippen LogP) is 6.44. The van der Waals surface area contributed by atoms with Crippen LogP contribution < -0.4 is 10.2 Å². The van der Waals surface area contributed by atoms with Gasteiger partial charge in [-0.3, -0.25) is 29.8 Å². The number of ketones is 1. The van der Waals surface area contributed by atoms with Crippen molar-refractivity contribution in [2.45, 2.75) is 19.8 Å². The number of nitrogens with zero attached hydrogens (tertiary/aromatic N) is 2. The SMILES string of the molecule is Cc1cc(OCCCC(=O)c2cc([N+](=O)[O-])cc([N+](=O)[O-])c2)ccc1-c1c2ccc(=O)cc-2oc2cc(O)ccc12. The van der Waals surface area contributed by atoms with Crippen LogP contribution in [0, 0.1) is 27.2 Å². The first-order valence-corrected chi connectivity index (χ1v) is 12.5. The molecule has 1 N–H and O–H groups in total. The van der Waals surface area contributed by atoms with Crippen LogP contribution in [-0.2, 0) is 0 Å². The van der Waals surface area contributed by atoms with Gasteiger partial charge in [-0.2, -0.15) is 0 Å². The van der Waals surface area contributed by atoms with E-state index >= 15 is 0 Å². The fourth-order valence-electron chi connectivity index (χ4n) is 4.69. The van der Waals surface area contributed by atoms with Crippen LogP contribution in [0.5, 0.6) is 11.5 Å². The highest BCUT2D eigenvalue weighted by Crippen LogP contribution is 2.42. The molecule has 5 rings (SSSR count). The molecule has 206 valence electrons. The van der Waals surface area contributed by atoms with E-state index in [0.29, 0.717) is 17.1 Å². The molecule has 11 nitrogen and oxygen atoms in total. The molecule has 2 aliphatic rings. The lowest BCUT2D eigenvalue weighted by atomic mass is 9.91. The van der Waals surface area contributed by atoms with E-state index < -0.39 is 27.0 Å². The number of phenolic OH excluding ortho intramolecular Hbond substituents is 1. The molecule has 3 aromatic carbocycles. The maximum absolute atomic E-state index is 12.6. The number of Topliss-reactive ketones (excluding diaryl/α,β-unsaturated/α-hetero) is 1. The fourth-order valence-corrected chi connectivity index (χ4v) is 4.69. The smallest absolute Gasteiger partial charge is 0.277 e. The zero-order chi connectivity index (χ0) is 29.3. The van der Waals surface area contributed by atoms with Gasteiger partial charge >= 0.3 is 0 Å². The normalized spacial score (nSPS) is 11.0. The molecule has 0 aromatic heterocycles. The van der Waals surface area contributed by atoms with E-state index in [1.165, 1.54) is 18.2 Å². The molecule has 3 aromatic rings. The Morgan fingerprint density at radius 2 is 1.61 bits per heavy atom. The molecule has 0 saturated heterocycles. The van der Waals surface area contributed by atoms with Crippen LogP contribution >= 0.6 is 0 Å². The molecule has 0 atom stereocenters. The number of fused-ring (bicyclic) bond motifs is 2. The van der Waals surface area contributed by atoms with Gasteiger partial charge in [-0.25, -0.2) is 0 Å². The monoisotopic (exact) mass is 554 g/mol. The lowest BCUT2D eigenvalue weighted by Crippen LogP contribution is -2.05. The van der Waals surface area contributed by atoms with Crippen LogP contribution in [0.4, 0.5) is 11.4 Å². The molecule has 1 aliphatic heterocycles. The molecule has 0 amide bonds. The Morgan fingerprint density at radius 1 is 0.902 bits per heavy atom. The summed E-state index contributed by atoms with van der Waals surface area (Å²) in [4.78, 5) is 45.2. The number of ether oxygens (including phenoxy) is 1. The van der Waals surface area contributed by atoms with Crippen molar-refractivity contribution in [1.82, 2.24) is 0 Å². The van der Waals surface area contributed by atoms with Gasteiger partial charge in [0.15, 0.2) is 11.2 Å². The molecule has 1 aliphatic carbocycles. The third kappa shape index (κ3) is 5.59. The maximum atomic E-state index is 12.6. The van der Waals surface area contributed by atoms with E-state index in [0.717, 1.165) is 45.8 Å². The van der Waals surface area contributed by atoms with Gasteiger partial charge in [0.2, 0.25) is 0 Å². The van der Waals surface area contributed by atoms with E-state index in [2.05, 4.69) is 0 Å².